The van der Waals surface area contributed by atoms with Crippen LogP contribution in [0.3, 0.4) is 0 Å². The van der Waals surface area contributed by atoms with E-state index in [1.54, 1.807) is 7.05 Å². The molecule has 1 aromatic carbocycles. The Morgan fingerprint density at radius 2 is 2.32 bits per heavy atom. The Labute approximate surface area is 111 Å². The van der Waals surface area contributed by atoms with Gasteiger partial charge in [-0.15, -0.1) is 0 Å². The van der Waals surface area contributed by atoms with E-state index in [2.05, 4.69) is 5.32 Å². The molecular weight excluding hydrogens is 246 g/mol. The van der Waals surface area contributed by atoms with Crippen molar-refractivity contribution in [1.29, 1.82) is 0 Å². The fraction of sp³-hybridized carbons (Fsp3) is 0.385. The minimum atomic E-state index is -0.970. The number of likely N-dealkylation sites (N-methyl/N-ethyl adjacent to an activating group) is 1. The maximum atomic E-state index is 12.0. The topological polar surface area (TPSA) is 95.7 Å². The Bertz CT molecular complexity index is 516. The van der Waals surface area contributed by atoms with E-state index >= 15 is 0 Å². The van der Waals surface area contributed by atoms with Crippen LogP contribution in [0.5, 0.6) is 0 Å². The first-order chi connectivity index (χ1) is 9.06. The number of nitrogens with one attached hydrogen (secondary N) is 1. The van der Waals surface area contributed by atoms with Gasteiger partial charge < -0.3 is 21.1 Å². The van der Waals surface area contributed by atoms with Crippen LogP contribution in [0.25, 0.3) is 0 Å². The molecule has 1 atom stereocenters. The van der Waals surface area contributed by atoms with Crippen LogP contribution in [-0.4, -0.2) is 36.6 Å². The highest BCUT2D eigenvalue weighted by molar-refractivity contribution is 6.02. The van der Waals surface area contributed by atoms with E-state index in [9.17, 15) is 9.59 Å². The van der Waals surface area contributed by atoms with Crippen molar-refractivity contribution in [2.24, 2.45) is 5.73 Å². The third-order valence-electron chi connectivity index (χ3n) is 3.32. The number of benzene rings is 1. The molecule has 0 radical (unpaired) electrons. The smallest absolute Gasteiger partial charge is 0.322 e. The van der Waals surface area contributed by atoms with Gasteiger partial charge in [-0.05, 0) is 24.2 Å². The lowest BCUT2D eigenvalue weighted by Crippen LogP contribution is -2.45. The van der Waals surface area contributed by atoms with E-state index < -0.39 is 12.0 Å². The van der Waals surface area contributed by atoms with Crippen molar-refractivity contribution in [1.82, 2.24) is 5.32 Å². The number of hydrogen-bond acceptors (Lipinski definition) is 4. The van der Waals surface area contributed by atoms with Crippen molar-refractivity contribution in [2.75, 3.05) is 18.5 Å². The molecule has 6 heteroatoms. The Morgan fingerprint density at radius 1 is 1.58 bits per heavy atom. The summed E-state index contributed by atoms with van der Waals surface area (Å²) in [6.07, 6.45) is 0.305. The van der Waals surface area contributed by atoms with Crippen LogP contribution >= 0.6 is 0 Å². The molecule has 0 aliphatic carbocycles. The number of aliphatic carboxylic acids is 1. The molecule has 0 saturated carbocycles. The van der Waals surface area contributed by atoms with Gasteiger partial charge in [0, 0.05) is 12.2 Å². The highest BCUT2D eigenvalue weighted by Crippen LogP contribution is 2.29. The van der Waals surface area contributed by atoms with Gasteiger partial charge in [0.25, 0.3) is 0 Å². The largest absolute Gasteiger partial charge is 0.480 e. The average molecular weight is 263 g/mol. The molecule has 0 fully saturated rings. The van der Waals surface area contributed by atoms with Gasteiger partial charge in [-0.3, -0.25) is 9.59 Å². The normalized spacial score (nSPS) is 15.5. The van der Waals surface area contributed by atoms with Crippen molar-refractivity contribution < 1.29 is 14.7 Å². The first-order valence-corrected chi connectivity index (χ1v) is 6.09. The summed E-state index contributed by atoms with van der Waals surface area (Å²) in [7, 11) is 1.57. The van der Waals surface area contributed by atoms with Gasteiger partial charge in [-0.1, -0.05) is 12.1 Å². The molecule has 102 valence electrons. The summed E-state index contributed by atoms with van der Waals surface area (Å²) in [5.74, 6) is -1.05. The average Bonchev–Trinajstić information content (AvgIpc) is 2.70. The van der Waals surface area contributed by atoms with Gasteiger partial charge in [0.05, 0.1) is 13.0 Å². The summed E-state index contributed by atoms with van der Waals surface area (Å²) < 4.78 is 0. The summed E-state index contributed by atoms with van der Waals surface area (Å²) in [6, 6.07) is 4.82. The molecule has 1 aliphatic heterocycles. The number of carboxylic acids is 1. The Morgan fingerprint density at radius 3 is 2.89 bits per heavy atom. The van der Waals surface area contributed by atoms with Crippen LogP contribution in [0.4, 0.5) is 5.69 Å². The second-order valence-corrected chi connectivity index (χ2v) is 4.53. The molecule has 1 aliphatic rings. The zero-order valence-corrected chi connectivity index (χ0v) is 10.7. The maximum Gasteiger partial charge on any atom is 0.322 e. The number of nitrogens with two attached hydrogens (primary N) is 1. The minimum absolute atomic E-state index is 0.0781. The van der Waals surface area contributed by atoms with Gasteiger partial charge >= 0.3 is 5.97 Å². The van der Waals surface area contributed by atoms with Gasteiger partial charge in [0.1, 0.15) is 6.04 Å². The fourth-order valence-electron chi connectivity index (χ4n) is 2.24. The van der Waals surface area contributed by atoms with E-state index in [0.29, 0.717) is 13.0 Å². The molecule has 0 aromatic heterocycles. The quantitative estimate of drug-likeness (QED) is 0.678. The Hall–Kier alpha value is -1.92. The van der Waals surface area contributed by atoms with Crippen LogP contribution in [0, 0.1) is 0 Å². The van der Waals surface area contributed by atoms with Crippen molar-refractivity contribution in [3.63, 3.8) is 0 Å². The van der Waals surface area contributed by atoms with Crippen LogP contribution in [0.2, 0.25) is 0 Å². The first-order valence-electron chi connectivity index (χ1n) is 6.09. The SMILES string of the molecule is CNC(CN1C(=O)Cc2cc(CN)ccc21)C(=O)O. The van der Waals surface area contributed by atoms with Gasteiger partial charge in [-0.2, -0.15) is 0 Å². The lowest BCUT2D eigenvalue weighted by molar-refractivity contribution is -0.139. The summed E-state index contributed by atoms with van der Waals surface area (Å²) >= 11 is 0. The maximum absolute atomic E-state index is 12.0. The Kier molecular flexibility index (Phi) is 3.82. The van der Waals surface area contributed by atoms with Crippen LogP contribution in [0.1, 0.15) is 11.1 Å². The highest BCUT2D eigenvalue weighted by atomic mass is 16.4. The number of carbonyl (C=O) groups is 2. The number of carbonyl (C=O) groups excluding carboxylic acids is 1. The zero-order chi connectivity index (χ0) is 14.0. The molecule has 19 heavy (non-hydrogen) atoms. The molecular formula is C13H17N3O3. The number of fused-ring (bicyclic) bond motifs is 1. The molecule has 0 spiro atoms. The van der Waals surface area contributed by atoms with Gasteiger partial charge in [0.2, 0.25) is 5.91 Å². The van der Waals surface area contributed by atoms with Crippen molar-refractivity contribution >= 4 is 17.6 Å². The predicted molar refractivity (Wildman–Crippen MR) is 70.9 cm³/mol. The van der Waals surface area contributed by atoms with Gasteiger partial charge in [-0.25, -0.2) is 0 Å². The summed E-state index contributed by atoms with van der Waals surface area (Å²) in [6.45, 7) is 0.551. The second-order valence-electron chi connectivity index (χ2n) is 4.53. The zero-order valence-electron chi connectivity index (χ0n) is 10.7. The predicted octanol–water partition coefficient (Wildman–Crippen LogP) is -0.293. The minimum Gasteiger partial charge on any atom is -0.480 e. The lowest BCUT2D eigenvalue weighted by atomic mass is 10.1. The van der Waals surface area contributed by atoms with Crippen LogP contribution in [0.15, 0.2) is 18.2 Å². The molecule has 1 amide bonds. The molecule has 2 rings (SSSR count). The van der Waals surface area contributed by atoms with Crippen LogP contribution < -0.4 is 16.0 Å². The molecule has 0 saturated heterocycles. The fourth-order valence-corrected chi connectivity index (χ4v) is 2.24. The number of rotatable bonds is 5. The molecule has 4 N–H and O–H groups in total. The Balaban J connectivity index is 2.25. The number of hydrogen-bond donors (Lipinski definition) is 3. The number of nitrogens with zero attached hydrogens (tertiary/aromatic N) is 1. The monoisotopic (exact) mass is 263 g/mol. The van der Waals surface area contributed by atoms with Gasteiger partial charge in [0.15, 0.2) is 0 Å². The van der Waals surface area contributed by atoms with E-state index in [-0.39, 0.29) is 12.5 Å². The number of carboxylic acid groups (broad SMARTS) is 1. The molecule has 6 nitrogen and oxygen atoms in total. The summed E-state index contributed by atoms with van der Waals surface area (Å²) in [5.41, 5.74) is 8.23. The molecule has 1 aromatic rings. The lowest BCUT2D eigenvalue weighted by Gasteiger charge is -2.21. The van der Waals surface area contributed by atoms with E-state index in [1.807, 2.05) is 18.2 Å². The first kappa shape index (κ1) is 13.5. The van der Waals surface area contributed by atoms with Crippen molar-refractivity contribution in [3.05, 3.63) is 29.3 Å². The molecule has 1 unspecified atom stereocenters. The van der Waals surface area contributed by atoms with E-state index in [4.69, 9.17) is 10.8 Å². The van der Waals surface area contributed by atoms with Crippen molar-refractivity contribution in [3.8, 4) is 0 Å². The third-order valence-corrected chi connectivity index (χ3v) is 3.32. The summed E-state index contributed by atoms with van der Waals surface area (Å²) in [4.78, 5) is 24.5. The second kappa shape index (κ2) is 5.38. The summed E-state index contributed by atoms with van der Waals surface area (Å²) in [5, 5.41) is 11.7. The van der Waals surface area contributed by atoms with Crippen molar-refractivity contribution in [2.45, 2.75) is 19.0 Å². The third kappa shape index (κ3) is 2.59. The highest BCUT2D eigenvalue weighted by Gasteiger charge is 2.30. The van der Waals surface area contributed by atoms with Crippen LogP contribution in [-0.2, 0) is 22.6 Å². The number of anilines is 1. The van der Waals surface area contributed by atoms with E-state index in [0.717, 1.165) is 16.8 Å². The standard InChI is InChI=1S/C13H17N3O3/c1-15-10(13(18)19)7-16-11-3-2-8(6-14)4-9(11)5-12(16)17/h2-4,10,15H,5-7,14H2,1H3,(H,18,19). The molecule has 1 heterocycles. The number of amides is 1. The molecule has 0 bridgehead atoms. The van der Waals surface area contributed by atoms with E-state index in [1.165, 1.54) is 4.90 Å².